The van der Waals surface area contributed by atoms with Gasteiger partial charge in [0.15, 0.2) is 5.75 Å². The van der Waals surface area contributed by atoms with Gasteiger partial charge in [-0.3, -0.25) is 4.40 Å². The van der Waals surface area contributed by atoms with Crippen LogP contribution in [0.5, 0.6) is 5.75 Å². The molecule has 5 heteroatoms. The van der Waals surface area contributed by atoms with Gasteiger partial charge < -0.3 is 10.2 Å². The second kappa shape index (κ2) is 12.4. The first kappa shape index (κ1) is 31.2. The summed E-state index contributed by atoms with van der Waals surface area (Å²) < 4.78 is 2.30. The van der Waals surface area contributed by atoms with Crippen LogP contribution in [0.15, 0.2) is 127 Å². The second-order valence-electron chi connectivity index (χ2n) is 13.1. The van der Waals surface area contributed by atoms with Gasteiger partial charge in [0.2, 0.25) is 0 Å². The Morgan fingerprint density at radius 3 is 2.22 bits per heavy atom. The van der Waals surface area contributed by atoms with Crippen LogP contribution in [-0.4, -0.2) is 16.4 Å². The molecule has 2 heterocycles. The Morgan fingerprint density at radius 2 is 1.44 bits per heavy atom. The summed E-state index contributed by atoms with van der Waals surface area (Å²) in [5.41, 5.74) is 15.5. The molecule has 0 unspecified atom stereocenters. The Balaban J connectivity index is 1.38. The van der Waals surface area contributed by atoms with Gasteiger partial charge in [-0.25, -0.2) is 4.98 Å². The standard InChI is InChI=1S/C45H40N4O/c1-7-29(3)34-14-8-11-17-41(34)49(43-19-13-9-15-38(43)46-6)50-33-21-22-35-36-26-32(44-30(4)24-28(2)25-31(44)5)20-23-40(36)48-42-18-12-10-16-39(42)47-45(48)37(35)27-33/h7-27,46H,1-6H3/b29-7+. The summed E-state index contributed by atoms with van der Waals surface area (Å²) >= 11 is 0. The Kier molecular flexibility index (Phi) is 7.76. The zero-order valence-electron chi connectivity index (χ0n) is 29.4. The number of hydrogen-bond donors (Lipinski definition) is 1. The summed E-state index contributed by atoms with van der Waals surface area (Å²) in [4.78, 5) is 12.2. The molecule has 50 heavy (non-hydrogen) atoms. The predicted molar refractivity (Wildman–Crippen MR) is 212 cm³/mol. The second-order valence-corrected chi connectivity index (χ2v) is 13.1. The fraction of sp³-hybridized carbons (Fsp3) is 0.133. The highest BCUT2D eigenvalue weighted by Crippen LogP contribution is 2.41. The van der Waals surface area contributed by atoms with Gasteiger partial charge in [0, 0.05) is 23.4 Å². The molecule has 246 valence electrons. The molecule has 2 aromatic heterocycles. The van der Waals surface area contributed by atoms with Crippen molar-refractivity contribution in [3.63, 3.8) is 0 Å². The first-order valence-corrected chi connectivity index (χ1v) is 17.2. The summed E-state index contributed by atoms with van der Waals surface area (Å²) in [6, 6.07) is 42.8. The lowest BCUT2D eigenvalue weighted by Gasteiger charge is -2.28. The van der Waals surface area contributed by atoms with Gasteiger partial charge in [-0.15, -0.1) is 0 Å². The zero-order valence-corrected chi connectivity index (χ0v) is 29.4. The van der Waals surface area contributed by atoms with E-state index < -0.39 is 0 Å². The maximum absolute atomic E-state index is 6.97. The summed E-state index contributed by atoms with van der Waals surface area (Å²) in [5.74, 6) is 0.714. The van der Waals surface area contributed by atoms with Gasteiger partial charge in [0.25, 0.3) is 0 Å². The van der Waals surface area contributed by atoms with Gasteiger partial charge in [-0.1, -0.05) is 72.3 Å². The lowest BCUT2D eigenvalue weighted by atomic mass is 9.92. The molecule has 6 aromatic carbocycles. The minimum atomic E-state index is 0.714. The summed E-state index contributed by atoms with van der Waals surface area (Å²) in [7, 11) is 1.94. The molecule has 5 nitrogen and oxygen atoms in total. The van der Waals surface area contributed by atoms with Crippen molar-refractivity contribution in [1.29, 1.82) is 0 Å². The van der Waals surface area contributed by atoms with Crippen LogP contribution in [0.1, 0.15) is 36.1 Å². The summed E-state index contributed by atoms with van der Waals surface area (Å²) in [6.45, 7) is 10.8. The number of pyridine rings is 1. The largest absolute Gasteiger partial charge is 0.386 e. The average molecular weight is 653 g/mol. The fourth-order valence-electron chi connectivity index (χ4n) is 7.52. The highest BCUT2D eigenvalue weighted by atomic mass is 16.7. The maximum atomic E-state index is 6.97. The molecule has 0 saturated heterocycles. The third-order valence-electron chi connectivity index (χ3n) is 9.86. The molecule has 0 radical (unpaired) electrons. The number of anilines is 3. The summed E-state index contributed by atoms with van der Waals surface area (Å²) in [6.07, 6.45) is 2.13. The van der Waals surface area contributed by atoms with E-state index in [-0.39, 0.29) is 0 Å². The van der Waals surface area contributed by atoms with Gasteiger partial charge in [-0.05, 0) is 128 Å². The molecule has 1 N–H and O–H groups in total. The fourth-order valence-corrected chi connectivity index (χ4v) is 7.52. The zero-order chi connectivity index (χ0) is 34.5. The molecule has 0 aliphatic rings. The predicted octanol–water partition coefficient (Wildman–Crippen LogP) is 12.0. The van der Waals surface area contributed by atoms with E-state index in [1.54, 1.807) is 0 Å². The van der Waals surface area contributed by atoms with Gasteiger partial charge >= 0.3 is 0 Å². The molecular formula is C45H40N4O. The smallest absolute Gasteiger partial charge is 0.156 e. The van der Waals surface area contributed by atoms with Crippen LogP contribution in [0.25, 0.3) is 55.1 Å². The van der Waals surface area contributed by atoms with Crippen LogP contribution < -0.4 is 15.2 Å². The number of nitrogens with zero attached hydrogens (tertiary/aromatic N) is 3. The Bertz CT molecular complexity index is 2610. The molecule has 0 spiro atoms. The Morgan fingerprint density at radius 1 is 0.720 bits per heavy atom. The Hall–Kier alpha value is -6.07. The number of rotatable bonds is 7. The van der Waals surface area contributed by atoms with Crippen molar-refractivity contribution in [2.75, 3.05) is 17.4 Å². The number of allylic oxidation sites excluding steroid dienone is 2. The van der Waals surface area contributed by atoms with E-state index in [1.807, 2.05) is 24.2 Å². The van der Waals surface area contributed by atoms with Crippen molar-refractivity contribution < 1.29 is 4.84 Å². The Labute approximate surface area is 293 Å². The van der Waals surface area contributed by atoms with E-state index in [0.29, 0.717) is 5.75 Å². The van der Waals surface area contributed by atoms with E-state index in [2.05, 4.69) is 160 Å². The molecule has 0 amide bonds. The van der Waals surface area contributed by atoms with Crippen LogP contribution in [0.4, 0.5) is 17.1 Å². The molecule has 0 saturated carbocycles. The first-order chi connectivity index (χ1) is 24.4. The first-order valence-electron chi connectivity index (χ1n) is 17.2. The van der Waals surface area contributed by atoms with E-state index in [9.17, 15) is 0 Å². The molecule has 8 aromatic rings. The highest BCUT2D eigenvalue weighted by Gasteiger charge is 2.21. The summed E-state index contributed by atoms with van der Waals surface area (Å²) in [5, 5.41) is 8.64. The van der Waals surface area contributed by atoms with Crippen LogP contribution in [0.2, 0.25) is 0 Å². The third-order valence-corrected chi connectivity index (χ3v) is 9.86. The van der Waals surface area contributed by atoms with Crippen molar-refractivity contribution in [3.05, 3.63) is 150 Å². The number of imidazole rings is 1. The monoisotopic (exact) mass is 652 g/mol. The lowest BCUT2D eigenvalue weighted by Crippen LogP contribution is -2.23. The molecular weight excluding hydrogens is 613 g/mol. The lowest BCUT2D eigenvalue weighted by molar-refractivity contribution is 0.324. The number of nitrogens with one attached hydrogen (secondary N) is 1. The quantitative estimate of drug-likeness (QED) is 0.137. The van der Waals surface area contributed by atoms with E-state index in [4.69, 9.17) is 9.82 Å². The third kappa shape index (κ3) is 5.14. The average Bonchev–Trinajstić information content (AvgIpc) is 3.53. The van der Waals surface area contributed by atoms with Gasteiger partial charge in [0.1, 0.15) is 11.3 Å². The number of fused-ring (bicyclic) bond motifs is 8. The van der Waals surface area contributed by atoms with Crippen LogP contribution >= 0.6 is 0 Å². The van der Waals surface area contributed by atoms with E-state index in [1.165, 1.54) is 38.8 Å². The number of aromatic nitrogens is 2. The van der Waals surface area contributed by atoms with Crippen molar-refractivity contribution in [2.45, 2.75) is 34.6 Å². The number of benzene rings is 6. The van der Waals surface area contributed by atoms with Gasteiger partial charge in [0.05, 0.1) is 27.9 Å². The number of aryl methyl sites for hydroxylation is 3. The molecule has 0 fully saturated rings. The normalized spacial score (nSPS) is 11.9. The van der Waals surface area contributed by atoms with Crippen molar-refractivity contribution in [3.8, 4) is 16.9 Å². The maximum Gasteiger partial charge on any atom is 0.156 e. The van der Waals surface area contributed by atoms with Crippen molar-refractivity contribution in [2.24, 2.45) is 0 Å². The van der Waals surface area contributed by atoms with Crippen LogP contribution in [0, 0.1) is 20.8 Å². The molecule has 0 atom stereocenters. The highest BCUT2D eigenvalue weighted by molar-refractivity contribution is 6.15. The van der Waals surface area contributed by atoms with Crippen molar-refractivity contribution in [1.82, 2.24) is 9.38 Å². The van der Waals surface area contributed by atoms with Crippen LogP contribution in [0.3, 0.4) is 0 Å². The topological polar surface area (TPSA) is 41.8 Å². The number of para-hydroxylation sites is 5. The van der Waals surface area contributed by atoms with Gasteiger partial charge in [-0.2, -0.15) is 5.06 Å². The number of hydrogen-bond acceptors (Lipinski definition) is 4. The molecule has 8 rings (SSSR count). The van der Waals surface area contributed by atoms with Crippen LogP contribution in [-0.2, 0) is 0 Å². The minimum Gasteiger partial charge on any atom is -0.386 e. The van der Waals surface area contributed by atoms with E-state index >= 15 is 0 Å². The SMILES string of the molecule is C/C=C(\C)c1ccccc1N(Oc1ccc2c3cc(-c4c(C)cc(C)cc4C)ccc3n3c4ccccc4nc3c2c1)c1ccccc1NC. The van der Waals surface area contributed by atoms with E-state index in [0.717, 1.165) is 55.6 Å². The molecule has 0 bridgehead atoms. The van der Waals surface area contributed by atoms with Crippen molar-refractivity contribution >= 4 is 61.0 Å². The molecule has 0 aliphatic heterocycles. The molecule has 0 aliphatic carbocycles. The minimum absolute atomic E-state index is 0.714.